The van der Waals surface area contributed by atoms with E-state index in [-0.39, 0.29) is 0 Å². The molecule has 4 aromatic rings. The molecule has 4 nitrogen and oxygen atoms in total. The Morgan fingerprint density at radius 2 is 1.86 bits per heavy atom. The largest absolute Gasteiger partial charge is 0.460 e. The van der Waals surface area contributed by atoms with Crippen LogP contribution in [0.2, 0.25) is 0 Å². The van der Waals surface area contributed by atoms with Gasteiger partial charge in [-0.15, -0.1) is 0 Å². The highest BCUT2D eigenvalue weighted by Gasteiger charge is 2.04. The molecule has 2 aromatic carbocycles. The van der Waals surface area contributed by atoms with Crippen molar-refractivity contribution in [2.75, 3.05) is 0 Å². The molecule has 2 heterocycles. The van der Waals surface area contributed by atoms with Crippen molar-refractivity contribution in [3.8, 4) is 0 Å². The second-order valence-corrected chi connectivity index (χ2v) is 5.05. The van der Waals surface area contributed by atoms with E-state index in [0.29, 0.717) is 13.1 Å². The van der Waals surface area contributed by atoms with Crippen LogP contribution in [-0.2, 0) is 13.1 Å². The number of hydrogen-bond acceptors (Lipinski definition) is 3. The number of nitrogens with one attached hydrogen (secondary N) is 2. The number of rotatable bonds is 4. The van der Waals surface area contributed by atoms with E-state index >= 15 is 0 Å². The topological polar surface area (TPSA) is 53.9 Å². The summed E-state index contributed by atoms with van der Waals surface area (Å²) in [6.45, 7) is 1.37. The summed E-state index contributed by atoms with van der Waals surface area (Å²) in [5.41, 5.74) is 2.99. The van der Waals surface area contributed by atoms with Gasteiger partial charge in [0.15, 0.2) is 0 Å². The first-order valence-corrected chi connectivity index (χ1v) is 7.00. The Labute approximate surface area is 121 Å². The van der Waals surface area contributed by atoms with Gasteiger partial charge in [0.2, 0.25) is 0 Å². The molecule has 2 aromatic heterocycles. The second kappa shape index (κ2) is 5.07. The summed E-state index contributed by atoms with van der Waals surface area (Å²) >= 11 is 0. The van der Waals surface area contributed by atoms with E-state index in [0.717, 1.165) is 33.6 Å². The van der Waals surface area contributed by atoms with E-state index < -0.39 is 0 Å². The molecule has 104 valence electrons. The first-order valence-electron chi connectivity index (χ1n) is 7.00. The highest BCUT2D eigenvalue weighted by Crippen LogP contribution is 2.18. The number of H-pyrrole nitrogens is 1. The Kier molecular flexibility index (Phi) is 2.94. The highest BCUT2D eigenvalue weighted by atomic mass is 16.3. The number of imidazole rings is 1. The molecular formula is C17H15N3O. The Balaban J connectivity index is 1.44. The van der Waals surface area contributed by atoms with Crippen LogP contribution in [0.4, 0.5) is 0 Å². The molecule has 0 aliphatic carbocycles. The van der Waals surface area contributed by atoms with Crippen LogP contribution in [0.25, 0.3) is 22.0 Å². The molecule has 4 rings (SSSR count). The van der Waals surface area contributed by atoms with Crippen LogP contribution in [-0.4, -0.2) is 9.97 Å². The molecule has 21 heavy (non-hydrogen) atoms. The zero-order valence-electron chi connectivity index (χ0n) is 11.5. The van der Waals surface area contributed by atoms with Crippen molar-refractivity contribution in [3.63, 3.8) is 0 Å². The van der Waals surface area contributed by atoms with E-state index in [9.17, 15) is 0 Å². The van der Waals surface area contributed by atoms with Crippen LogP contribution in [0.5, 0.6) is 0 Å². The number of nitrogens with zero attached hydrogens (tertiary/aromatic N) is 1. The molecule has 0 spiro atoms. The lowest BCUT2D eigenvalue weighted by Gasteiger charge is -1.98. The molecule has 0 bridgehead atoms. The molecule has 0 amide bonds. The van der Waals surface area contributed by atoms with Gasteiger partial charge in [0.1, 0.15) is 17.2 Å². The second-order valence-electron chi connectivity index (χ2n) is 5.05. The van der Waals surface area contributed by atoms with Crippen LogP contribution in [0.1, 0.15) is 11.6 Å². The molecule has 0 radical (unpaired) electrons. The third-order valence-electron chi connectivity index (χ3n) is 3.51. The van der Waals surface area contributed by atoms with Gasteiger partial charge in [-0.2, -0.15) is 0 Å². The summed E-state index contributed by atoms with van der Waals surface area (Å²) in [6.07, 6.45) is 0. The number of hydrogen-bond donors (Lipinski definition) is 2. The maximum absolute atomic E-state index is 5.77. The molecule has 0 unspecified atom stereocenters. The normalized spacial score (nSPS) is 11.4. The van der Waals surface area contributed by atoms with Gasteiger partial charge in [0.25, 0.3) is 0 Å². The predicted octanol–water partition coefficient (Wildman–Crippen LogP) is 3.60. The minimum absolute atomic E-state index is 0.686. The first kappa shape index (κ1) is 12.2. The molecular weight excluding hydrogens is 262 g/mol. The smallest absolute Gasteiger partial charge is 0.134 e. The van der Waals surface area contributed by atoms with Crippen molar-refractivity contribution in [1.82, 2.24) is 15.3 Å². The van der Waals surface area contributed by atoms with Crippen molar-refractivity contribution < 1.29 is 4.42 Å². The van der Waals surface area contributed by atoms with Crippen molar-refractivity contribution in [1.29, 1.82) is 0 Å². The number of fused-ring (bicyclic) bond motifs is 2. The van der Waals surface area contributed by atoms with Crippen molar-refractivity contribution in [2.24, 2.45) is 0 Å². The molecule has 0 atom stereocenters. The zero-order chi connectivity index (χ0) is 14.1. The van der Waals surface area contributed by atoms with Gasteiger partial charge in [-0.25, -0.2) is 4.98 Å². The van der Waals surface area contributed by atoms with Crippen molar-refractivity contribution >= 4 is 22.0 Å². The molecule has 0 saturated heterocycles. The summed E-state index contributed by atoms with van der Waals surface area (Å²) in [5, 5.41) is 4.49. The van der Waals surface area contributed by atoms with Gasteiger partial charge in [0.05, 0.1) is 24.1 Å². The third kappa shape index (κ3) is 2.41. The van der Waals surface area contributed by atoms with E-state index in [4.69, 9.17) is 4.42 Å². The van der Waals surface area contributed by atoms with Gasteiger partial charge >= 0.3 is 0 Å². The lowest BCUT2D eigenvalue weighted by molar-refractivity contribution is 0.510. The Morgan fingerprint density at radius 1 is 1.00 bits per heavy atom. The molecule has 2 N–H and O–H groups in total. The van der Waals surface area contributed by atoms with E-state index in [1.807, 2.05) is 42.5 Å². The van der Waals surface area contributed by atoms with Crippen LogP contribution in [0, 0.1) is 0 Å². The van der Waals surface area contributed by atoms with Gasteiger partial charge in [-0.05, 0) is 24.3 Å². The van der Waals surface area contributed by atoms with Crippen LogP contribution in [0.3, 0.4) is 0 Å². The van der Waals surface area contributed by atoms with E-state index in [1.54, 1.807) is 0 Å². The number of para-hydroxylation sites is 3. The number of furan rings is 1. The maximum atomic E-state index is 5.77. The van der Waals surface area contributed by atoms with Crippen molar-refractivity contribution in [3.05, 3.63) is 66.2 Å². The third-order valence-corrected chi connectivity index (χ3v) is 3.51. The van der Waals surface area contributed by atoms with E-state index in [2.05, 4.69) is 27.4 Å². The number of benzene rings is 2. The summed E-state index contributed by atoms with van der Waals surface area (Å²) in [7, 11) is 0. The highest BCUT2D eigenvalue weighted by molar-refractivity contribution is 5.77. The van der Waals surface area contributed by atoms with Gasteiger partial charge in [-0.1, -0.05) is 30.3 Å². The Hall–Kier alpha value is -2.59. The SMILES string of the molecule is c1ccc2oc(CNCc3nc4ccccc4[nH]3)cc2c1. The molecule has 0 saturated carbocycles. The van der Waals surface area contributed by atoms with Gasteiger partial charge < -0.3 is 14.7 Å². The summed E-state index contributed by atoms with van der Waals surface area (Å²) in [5.74, 6) is 1.87. The quantitative estimate of drug-likeness (QED) is 0.599. The number of aromatic amines is 1. The van der Waals surface area contributed by atoms with Gasteiger partial charge in [0, 0.05) is 5.39 Å². The summed E-state index contributed by atoms with van der Waals surface area (Å²) in [6, 6.07) is 18.2. The zero-order valence-corrected chi connectivity index (χ0v) is 11.5. The molecule has 0 aliphatic heterocycles. The first-order chi connectivity index (χ1) is 10.4. The average molecular weight is 277 g/mol. The van der Waals surface area contributed by atoms with Crippen molar-refractivity contribution in [2.45, 2.75) is 13.1 Å². The monoisotopic (exact) mass is 277 g/mol. The van der Waals surface area contributed by atoms with E-state index in [1.165, 1.54) is 0 Å². The van der Waals surface area contributed by atoms with Crippen LogP contribution >= 0.6 is 0 Å². The minimum Gasteiger partial charge on any atom is -0.460 e. The summed E-state index contributed by atoms with van der Waals surface area (Å²) < 4.78 is 5.77. The standard InChI is InChI=1S/C17H15N3O/c1-4-8-16-12(5-1)9-13(21-16)10-18-11-17-19-14-6-2-3-7-15(14)20-17/h1-9,18H,10-11H2,(H,19,20). The lowest BCUT2D eigenvalue weighted by atomic mass is 10.2. The van der Waals surface area contributed by atoms with Gasteiger partial charge in [-0.3, -0.25) is 0 Å². The molecule has 0 aliphatic rings. The summed E-state index contributed by atoms with van der Waals surface area (Å²) in [4.78, 5) is 7.84. The fourth-order valence-electron chi connectivity index (χ4n) is 2.52. The number of aromatic nitrogens is 2. The lowest BCUT2D eigenvalue weighted by Crippen LogP contribution is -2.13. The van der Waals surface area contributed by atoms with Crippen LogP contribution < -0.4 is 5.32 Å². The molecule has 0 fully saturated rings. The minimum atomic E-state index is 0.686. The average Bonchev–Trinajstić information content (AvgIpc) is 3.09. The van der Waals surface area contributed by atoms with Crippen LogP contribution in [0.15, 0.2) is 59.0 Å². The fourth-order valence-corrected chi connectivity index (χ4v) is 2.52. The Bertz CT molecular complexity index is 751. The fraction of sp³-hybridized carbons (Fsp3) is 0.118. The maximum Gasteiger partial charge on any atom is 0.134 e. The Morgan fingerprint density at radius 3 is 2.76 bits per heavy atom. The molecule has 4 heteroatoms. The predicted molar refractivity (Wildman–Crippen MR) is 82.9 cm³/mol.